The van der Waals surface area contributed by atoms with Crippen molar-refractivity contribution in [2.45, 2.75) is 33.0 Å². The van der Waals surface area contributed by atoms with Gasteiger partial charge in [-0.3, -0.25) is 9.48 Å². The molecule has 3 aromatic rings. The van der Waals surface area contributed by atoms with Crippen LogP contribution in [-0.4, -0.2) is 31.7 Å². The number of benzene rings is 1. The Morgan fingerprint density at radius 3 is 2.69 bits per heavy atom. The lowest BCUT2D eigenvalue weighted by molar-refractivity contribution is -0.122. The molecule has 1 aromatic carbocycles. The fourth-order valence-corrected chi connectivity index (χ4v) is 2.56. The van der Waals surface area contributed by atoms with Crippen molar-refractivity contribution < 1.29 is 13.6 Å². The summed E-state index contributed by atoms with van der Waals surface area (Å²) in [6, 6.07) is 5.35. The SMILES string of the molecule is CC(C)NC(=O)Cn1cc(Nc2nccc(NCc3c(F)cccc3F)n2)cn1. The van der Waals surface area contributed by atoms with E-state index in [-0.39, 0.29) is 36.6 Å². The molecule has 0 bridgehead atoms. The van der Waals surface area contributed by atoms with E-state index in [2.05, 4.69) is 31.0 Å². The molecule has 10 heteroatoms. The Morgan fingerprint density at radius 2 is 1.97 bits per heavy atom. The van der Waals surface area contributed by atoms with Crippen LogP contribution in [0.1, 0.15) is 19.4 Å². The zero-order valence-electron chi connectivity index (χ0n) is 16.0. The predicted molar refractivity (Wildman–Crippen MR) is 105 cm³/mol. The number of nitrogens with zero attached hydrogens (tertiary/aromatic N) is 4. The molecule has 0 aliphatic heterocycles. The third-order valence-electron chi connectivity index (χ3n) is 3.81. The first-order valence-corrected chi connectivity index (χ1v) is 8.99. The van der Waals surface area contributed by atoms with Gasteiger partial charge in [0.15, 0.2) is 0 Å². The van der Waals surface area contributed by atoms with Crippen molar-refractivity contribution in [1.82, 2.24) is 25.1 Å². The summed E-state index contributed by atoms with van der Waals surface area (Å²) in [4.78, 5) is 20.2. The van der Waals surface area contributed by atoms with Crippen molar-refractivity contribution in [1.29, 1.82) is 0 Å². The molecule has 3 rings (SSSR count). The first kappa shape index (κ1) is 20.2. The number of amides is 1. The summed E-state index contributed by atoms with van der Waals surface area (Å²) in [5.41, 5.74) is 0.529. The van der Waals surface area contributed by atoms with Crippen LogP contribution in [0, 0.1) is 11.6 Å². The molecule has 0 saturated heterocycles. The fourth-order valence-electron chi connectivity index (χ4n) is 2.56. The van der Waals surface area contributed by atoms with Crippen LogP contribution in [0.25, 0.3) is 0 Å². The zero-order valence-corrected chi connectivity index (χ0v) is 16.0. The highest BCUT2D eigenvalue weighted by Gasteiger charge is 2.10. The first-order chi connectivity index (χ1) is 13.9. The number of nitrogens with one attached hydrogen (secondary N) is 3. The topological polar surface area (TPSA) is 96.8 Å². The Kier molecular flexibility index (Phi) is 6.32. The number of rotatable bonds is 8. The van der Waals surface area contributed by atoms with E-state index < -0.39 is 11.6 Å². The molecule has 152 valence electrons. The number of carbonyl (C=O) groups excluding carboxylic acids is 1. The maximum Gasteiger partial charge on any atom is 0.241 e. The van der Waals surface area contributed by atoms with Crippen LogP contribution in [0.15, 0.2) is 42.9 Å². The van der Waals surface area contributed by atoms with Crippen LogP contribution >= 0.6 is 0 Å². The van der Waals surface area contributed by atoms with Gasteiger partial charge in [0.2, 0.25) is 11.9 Å². The Labute approximate surface area is 166 Å². The molecule has 2 aromatic heterocycles. The summed E-state index contributed by atoms with van der Waals surface area (Å²) < 4.78 is 28.9. The van der Waals surface area contributed by atoms with E-state index in [9.17, 15) is 13.6 Å². The number of halogens is 2. The van der Waals surface area contributed by atoms with Crippen LogP contribution < -0.4 is 16.0 Å². The average molecular weight is 401 g/mol. The van der Waals surface area contributed by atoms with Crippen LogP contribution in [-0.2, 0) is 17.9 Å². The summed E-state index contributed by atoms with van der Waals surface area (Å²) in [7, 11) is 0. The lowest BCUT2D eigenvalue weighted by Gasteiger charge is -2.09. The number of aromatic nitrogens is 4. The molecular formula is C19H21F2N7O. The molecule has 0 atom stereocenters. The summed E-state index contributed by atoms with van der Waals surface area (Å²) in [6.45, 7) is 3.80. The third-order valence-corrected chi connectivity index (χ3v) is 3.81. The van der Waals surface area contributed by atoms with Gasteiger partial charge in [0.05, 0.1) is 11.9 Å². The van der Waals surface area contributed by atoms with Crippen LogP contribution in [0.5, 0.6) is 0 Å². The Hall–Kier alpha value is -3.56. The standard InChI is InChI=1S/C19H21F2N7O/c1-12(2)25-18(29)11-28-10-13(8-24-28)26-19-22-7-6-17(27-19)23-9-14-15(20)4-3-5-16(14)21/h3-8,10,12H,9,11H2,1-2H3,(H,25,29)(H2,22,23,26,27). The van der Waals surface area contributed by atoms with E-state index in [4.69, 9.17) is 0 Å². The normalized spacial score (nSPS) is 10.8. The maximum absolute atomic E-state index is 13.7. The second-order valence-electron chi connectivity index (χ2n) is 6.59. The summed E-state index contributed by atoms with van der Waals surface area (Å²) >= 11 is 0. The van der Waals surface area contributed by atoms with Crippen LogP contribution in [0.4, 0.5) is 26.2 Å². The van der Waals surface area contributed by atoms with Gasteiger partial charge in [0, 0.05) is 30.5 Å². The largest absolute Gasteiger partial charge is 0.366 e. The molecule has 0 saturated carbocycles. The zero-order chi connectivity index (χ0) is 20.8. The Morgan fingerprint density at radius 1 is 1.21 bits per heavy atom. The fraction of sp³-hybridized carbons (Fsp3) is 0.263. The summed E-state index contributed by atoms with van der Waals surface area (Å²) in [6.07, 6.45) is 4.70. The molecule has 2 heterocycles. The monoisotopic (exact) mass is 401 g/mol. The van der Waals surface area contributed by atoms with E-state index in [1.165, 1.54) is 29.1 Å². The van der Waals surface area contributed by atoms with Gasteiger partial charge in [-0.15, -0.1) is 0 Å². The quantitative estimate of drug-likeness (QED) is 0.537. The third kappa shape index (κ3) is 5.71. The molecule has 29 heavy (non-hydrogen) atoms. The minimum Gasteiger partial charge on any atom is -0.366 e. The summed E-state index contributed by atoms with van der Waals surface area (Å²) in [5.74, 6) is -0.723. The summed E-state index contributed by atoms with van der Waals surface area (Å²) in [5, 5.41) is 12.8. The van der Waals surface area contributed by atoms with Gasteiger partial charge in [-0.25, -0.2) is 13.8 Å². The molecule has 3 N–H and O–H groups in total. The van der Waals surface area contributed by atoms with E-state index >= 15 is 0 Å². The van der Waals surface area contributed by atoms with Crippen molar-refractivity contribution in [2.75, 3.05) is 10.6 Å². The lowest BCUT2D eigenvalue weighted by Crippen LogP contribution is -2.33. The predicted octanol–water partition coefficient (Wildman–Crippen LogP) is 2.83. The minimum absolute atomic E-state index is 0.0529. The number of hydrogen-bond acceptors (Lipinski definition) is 6. The second kappa shape index (κ2) is 9.09. The highest BCUT2D eigenvalue weighted by Crippen LogP contribution is 2.16. The van der Waals surface area contributed by atoms with Crippen molar-refractivity contribution in [3.8, 4) is 0 Å². The number of anilines is 3. The number of hydrogen-bond donors (Lipinski definition) is 3. The van der Waals surface area contributed by atoms with Crippen molar-refractivity contribution in [3.63, 3.8) is 0 Å². The number of carbonyl (C=O) groups is 1. The lowest BCUT2D eigenvalue weighted by atomic mass is 10.2. The minimum atomic E-state index is -0.626. The van der Waals surface area contributed by atoms with E-state index in [0.29, 0.717) is 11.5 Å². The molecule has 1 amide bonds. The molecule has 0 unspecified atom stereocenters. The Balaban J connectivity index is 1.61. The van der Waals surface area contributed by atoms with Gasteiger partial charge in [0.1, 0.15) is 24.0 Å². The maximum atomic E-state index is 13.7. The van der Waals surface area contributed by atoms with Gasteiger partial charge in [-0.1, -0.05) is 6.07 Å². The molecule has 0 fully saturated rings. The molecule has 0 aliphatic rings. The molecule has 8 nitrogen and oxygen atoms in total. The van der Waals surface area contributed by atoms with Crippen LogP contribution in [0.2, 0.25) is 0 Å². The van der Waals surface area contributed by atoms with Crippen molar-refractivity contribution in [2.24, 2.45) is 0 Å². The van der Waals surface area contributed by atoms with Crippen molar-refractivity contribution >= 4 is 23.4 Å². The molecule has 0 aliphatic carbocycles. The smallest absolute Gasteiger partial charge is 0.241 e. The molecular weight excluding hydrogens is 380 g/mol. The second-order valence-corrected chi connectivity index (χ2v) is 6.59. The van der Waals surface area contributed by atoms with E-state index in [1.807, 2.05) is 13.8 Å². The first-order valence-electron chi connectivity index (χ1n) is 8.99. The van der Waals surface area contributed by atoms with Gasteiger partial charge in [-0.05, 0) is 32.0 Å². The van der Waals surface area contributed by atoms with Gasteiger partial charge >= 0.3 is 0 Å². The van der Waals surface area contributed by atoms with Crippen LogP contribution in [0.3, 0.4) is 0 Å². The van der Waals surface area contributed by atoms with Gasteiger partial charge in [0.25, 0.3) is 0 Å². The highest BCUT2D eigenvalue weighted by atomic mass is 19.1. The van der Waals surface area contributed by atoms with Gasteiger partial charge in [-0.2, -0.15) is 10.1 Å². The van der Waals surface area contributed by atoms with Crippen molar-refractivity contribution in [3.05, 3.63) is 60.1 Å². The average Bonchev–Trinajstić information content (AvgIpc) is 3.07. The molecule has 0 spiro atoms. The molecule has 0 radical (unpaired) electrons. The Bertz CT molecular complexity index is 970. The van der Waals surface area contributed by atoms with E-state index in [0.717, 1.165) is 0 Å². The van der Waals surface area contributed by atoms with Gasteiger partial charge < -0.3 is 16.0 Å². The van der Waals surface area contributed by atoms with E-state index in [1.54, 1.807) is 18.5 Å². The highest BCUT2D eigenvalue weighted by molar-refractivity contribution is 5.76.